The minimum atomic E-state index is -0.602. The van der Waals surface area contributed by atoms with Crippen LogP contribution in [0.25, 0.3) is 10.9 Å². The molecule has 1 aliphatic heterocycles. The largest absolute Gasteiger partial charge is 0.368 e. The Bertz CT molecular complexity index is 627. The fraction of sp³-hybridized carbons (Fsp3) is 0.357. The monoisotopic (exact) mass is 299 g/mol. The number of benzene rings is 1. The van der Waals surface area contributed by atoms with Gasteiger partial charge in [0.2, 0.25) is 0 Å². The number of hydrogen-bond donors (Lipinski definition) is 1. The smallest absolute Gasteiger partial charge is 0.152 e. The number of pyridine rings is 1. The molecule has 1 fully saturated rings. The minimum absolute atomic E-state index is 0. The summed E-state index contributed by atoms with van der Waals surface area (Å²) in [5.74, 6) is -1.16. The molecule has 20 heavy (non-hydrogen) atoms. The van der Waals surface area contributed by atoms with Crippen molar-refractivity contribution in [3.8, 4) is 0 Å². The summed E-state index contributed by atoms with van der Waals surface area (Å²) in [5.41, 5.74) is 1.85. The third kappa shape index (κ3) is 2.69. The first-order chi connectivity index (χ1) is 9.15. The van der Waals surface area contributed by atoms with Crippen molar-refractivity contribution in [3.63, 3.8) is 0 Å². The zero-order chi connectivity index (χ0) is 13.4. The highest BCUT2D eigenvalue weighted by atomic mass is 35.5. The van der Waals surface area contributed by atoms with Gasteiger partial charge in [-0.15, -0.1) is 12.4 Å². The molecule has 1 aromatic heterocycles. The van der Waals surface area contributed by atoms with Gasteiger partial charge in [-0.25, -0.2) is 13.8 Å². The number of piperazine rings is 1. The lowest BCUT2D eigenvalue weighted by Gasteiger charge is -2.30. The molecule has 0 amide bonds. The molecule has 1 saturated heterocycles. The highest BCUT2D eigenvalue weighted by Gasteiger charge is 2.17. The van der Waals surface area contributed by atoms with E-state index in [1.54, 1.807) is 0 Å². The van der Waals surface area contributed by atoms with Gasteiger partial charge < -0.3 is 10.2 Å². The maximum absolute atomic E-state index is 13.8. The maximum Gasteiger partial charge on any atom is 0.152 e. The molecule has 1 N–H and O–H groups in total. The topological polar surface area (TPSA) is 28.2 Å². The van der Waals surface area contributed by atoms with Crippen molar-refractivity contribution in [3.05, 3.63) is 35.5 Å². The fourth-order valence-corrected chi connectivity index (χ4v) is 2.53. The molecule has 1 aliphatic rings. The van der Waals surface area contributed by atoms with E-state index >= 15 is 0 Å². The van der Waals surface area contributed by atoms with Crippen LogP contribution in [0.2, 0.25) is 0 Å². The Morgan fingerprint density at radius 1 is 1.15 bits per heavy atom. The Morgan fingerprint density at radius 2 is 1.85 bits per heavy atom. The van der Waals surface area contributed by atoms with Crippen LogP contribution in [0.5, 0.6) is 0 Å². The van der Waals surface area contributed by atoms with E-state index in [2.05, 4.69) is 15.2 Å². The fourth-order valence-electron chi connectivity index (χ4n) is 2.53. The Morgan fingerprint density at radius 3 is 2.55 bits per heavy atom. The predicted molar refractivity (Wildman–Crippen MR) is 78.7 cm³/mol. The summed E-state index contributed by atoms with van der Waals surface area (Å²) in [6.07, 6.45) is 0. The molecule has 0 saturated carbocycles. The average Bonchev–Trinajstić information content (AvgIpc) is 2.40. The van der Waals surface area contributed by atoms with Crippen molar-refractivity contribution in [2.45, 2.75) is 6.92 Å². The van der Waals surface area contributed by atoms with Crippen molar-refractivity contribution in [1.29, 1.82) is 0 Å². The van der Waals surface area contributed by atoms with Crippen molar-refractivity contribution in [2.24, 2.45) is 0 Å². The number of aryl methyl sites for hydroxylation is 1. The summed E-state index contributed by atoms with van der Waals surface area (Å²) < 4.78 is 27.3. The average molecular weight is 300 g/mol. The number of nitrogens with zero attached hydrogens (tertiary/aromatic N) is 2. The van der Waals surface area contributed by atoms with Crippen LogP contribution in [0.4, 0.5) is 14.5 Å². The molecule has 2 heterocycles. The van der Waals surface area contributed by atoms with E-state index in [4.69, 9.17) is 0 Å². The van der Waals surface area contributed by atoms with Crippen LogP contribution in [0.1, 0.15) is 5.69 Å². The van der Waals surface area contributed by atoms with Crippen molar-refractivity contribution >= 4 is 29.0 Å². The van der Waals surface area contributed by atoms with Gasteiger partial charge in [-0.3, -0.25) is 0 Å². The molecule has 3 rings (SSSR count). The van der Waals surface area contributed by atoms with Gasteiger partial charge in [-0.2, -0.15) is 0 Å². The number of halogens is 3. The van der Waals surface area contributed by atoms with E-state index in [1.165, 1.54) is 6.07 Å². The van der Waals surface area contributed by atoms with Gasteiger partial charge in [0.15, 0.2) is 5.82 Å². The van der Waals surface area contributed by atoms with Crippen LogP contribution in [-0.4, -0.2) is 31.2 Å². The van der Waals surface area contributed by atoms with Gasteiger partial charge in [-0.05, 0) is 19.1 Å². The molecule has 0 atom stereocenters. The van der Waals surface area contributed by atoms with Crippen LogP contribution in [-0.2, 0) is 0 Å². The molecule has 108 valence electrons. The summed E-state index contributed by atoms with van der Waals surface area (Å²) in [6.45, 7) is 5.24. The molecule has 6 heteroatoms. The standard InChI is InChI=1S/C14H15F2N3.ClH/c1-9-6-13(19-4-2-17-3-5-19)11-7-10(15)8-12(16)14(11)18-9;/h6-8,17H,2-5H2,1H3;1H. The number of rotatable bonds is 1. The van der Waals surface area contributed by atoms with Gasteiger partial charge in [0, 0.05) is 49.0 Å². The first-order valence-electron chi connectivity index (χ1n) is 6.37. The van der Waals surface area contributed by atoms with Gasteiger partial charge in [0.05, 0.1) is 0 Å². The SMILES string of the molecule is Cc1cc(N2CCNCC2)c2cc(F)cc(F)c2n1.Cl. The zero-order valence-corrected chi connectivity index (χ0v) is 11.9. The lowest BCUT2D eigenvalue weighted by molar-refractivity contribution is 0.585. The maximum atomic E-state index is 13.8. The number of aromatic nitrogens is 1. The van der Waals surface area contributed by atoms with E-state index in [0.29, 0.717) is 5.39 Å². The lowest BCUT2D eigenvalue weighted by Crippen LogP contribution is -2.43. The molecule has 0 unspecified atom stereocenters. The molecule has 0 aliphatic carbocycles. The van der Waals surface area contributed by atoms with Crippen LogP contribution in [0.3, 0.4) is 0 Å². The summed E-state index contributed by atoms with van der Waals surface area (Å²) >= 11 is 0. The highest BCUT2D eigenvalue weighted by molar-refractivity contribution is 5.92. The second-order valence-electron chi connectivity index (χ2n) is 4.80. The van der Waals surface area contributed by atoms with Crippen molar-refractivity contribution in [1.82, 2.24) is 10.3 Å². The summed E-state index contributed by atoms with van der Waals surface area (Å²) in [6, 6.07) is 4.14. The van der Waals surface area contributed by atoms with E-state index < -0.39 is 11.6 Å². The van der Waals surface area contributed by atoms with Gasteiger partial charge in [0.1, 0.15) is 11.3 Å². The molecule has 2 aromatic rings. The second-order valence-corrected chi connectivity index (χ2v) is 4.80. The number of fused-ring (bicyclic) bond motifs is 1. The predicted octanol–water partition coefficient (Wildman–Crippen LogP) is 2.65. The highest BCUT2D eigenvalue weighted by Crippen LogP contribution is 2.29. The normalized spacial score (nSPS) is 15.2. The van der Waals surface area contributed by atoms with Crippen molar-refractivity contribution < 1.29 is 8.78 Å². The number of hydrogen-bond acceptors (Lipinski definition) is 3. The summed E-state index contributed by atoms with van der Waals surface area (Å²) in [7, 11) is 0. The lowest BCUT2D eigenvalue weighted by atomic mass is 10.1. The number of nitrogens with one attached hydrogen (secondary N) is 1. The van der Waals surface area contributed by atoms with Gasteiger partial charge in [-0.1, -0.05) is 0 Å². The molecule has 0 radical (unpaired) electrons. The Hall–Kier alpha value is -1.46. The van der Waals surface area contributed by atoms with E-state index in [1.807, 2.05) is 13.0 Å². The van der Waals surface area contributed by atoms with Crippen LogP contribution in [0.15, 0.2) is 18.2 Å². The molecule has 0 spiro atoms. The molecule has 3 nitrogen and oxygen atoms in total. The molecule has 1 aromatic carbocycles. The summed E-state index contributed by atoms with van der Waals surface area (Å²) in [5, 5.41) is 3.81. The van der Waals surface area contributed by atoms with Gasteiger partial charge in [0.25, 0.3) is 0 Å². The first-order valence-corrected chi connectivity index (χ1v) is 6.37. The van der Waals surface area contributed by atoms with E-state index in [-0.39, 0.29) is 17.9 Å². The first kappa shape index (κ1) is 14.9. The van der Waals surface area contributed by atoms with Crippen molar-refractivity contribution in [2.75, 3.05) is 31.1 Å². The quantitative estimate of drug-likeness (QED) is 0.877. The molecular formula is C14H16ClF2N3. The Kier molecular flexibility index (Phi) is 4.40. The Labute approximate surface area is 122 Å². The zero-order valence-electron chi connectivity index (χ0n) is 11.1. The van der Waals surface area contributed by atoms with Crippen LogP contribution in [0, 0.1) is 18.6 Å². The number of anilines is 1. The molecule has 0 bridgehead atoms. The van der Waals surface area contributed by atoms with Gasteiger partial charge >= 0.3 is 0 Å². The third-order valence-electron chi connectivity index (χ3n) is 3.40. The minimum Gasteiger partial charge on any atom is -0.368 e. The second kappa shape index (κ2) is 5.89. The van der Waals surface area contributed by atoms with Crippen LogP contribution >= 0.6 is 12.4 Å². The Balaban J connectivity index is 0.00000147. The summed E-state index contributed by atoms with van der Waals surface area (Å²) in [4.78, 5) is 6.33. The third-order valence-corrected chi connectivity index (χ3v) is 3.40. The van der Waals surface area contributed by atoms with E-state index in [9.17, 15) is 8.78 Å². The van der Waals surface area contributed by atoms with E-state index in [0.717, 1.165) is 43.6 Å². The van der Waals surface area contributed by atoms with Crippen LogP contribution < -0.4 is 10.2 Å². The molecular weight excluding hydrogens is 284 g/mol.